The fourth-order valence-corrected chi connectivity index (χ4v) is 6.41. The average molecular weight is 848 g/mol. The number of nitrogens with zero attached hydrogens (tertiary/aromatic N) is 3. The Bertz CT molecular complexity index is 1400. The zero-order valence-corrected chi connectivity index (χ0v) is 35.8. The zero-order valence-electron chi connectivity index (χ0n) is 35.8. The minimum Gasteiger partial charge on any atom is -0.391 e. The number of aliphatic hydroxyl groups is 3. The van der Waals surface area contributed by atoms with E-state index in [-0.39, 0.29) is 75.5 Å². The quantitative estimate of drug-likeness (QED) is 0.0348. The molecule has 3 heterocycles. The number of aliphatic hydroxyl groups excluding tert-OH is 3. The standard InChI is InChI=1S/C38H69N7O14/c1-22(2)44-30(48)11-29(45(36(44)51)24(5)12-39)41-21-42-35(50)43-26(32(49)33(52-9)28(47)15-54-18-38(8)19-55-20-38)14-56-57-17-37(6,7)16-53-13-25-10-27(46)31(40)34(59-25)58-23(3)4/h23-28,31-34,46-47,49H,1,10-21,39-40H2,2-9H3,(H2,42,43,50). The number of aliphatic imine (C=N–C) groups is 1. The van der Waals surface area contributed by atoms with Gasteiger partial charge in [0.05, 0.1) is 83.1 Å². The highest BCUT2D eigenvalue weighted by molar-refractivity contribution is 6.17. The van der Waals surface area contributed by atoms with Gasteiger partial charge in [-0.15, -0.1) is 0 Å². The largest absolute Gasteiger partial charge is 0.391 e. The summed E-state index contributed by atoms with van der Waals surface area (Å²) in [5.41, 5.74) is 11.4. The van der Waals surface area contributed by atoms with E-state index < -0.39 is 84.9 Å². The SMILES string of the molecule is C=C(C)N1C(=O)CC(=NCNC(=O)NC(COOCC(C)(C)COCC2CC(O)C(N)C(OC(C)C)O2)C(O)C(OC)C(O)COCC2(C)COC2)N(C(C)CN)C1=O. The molecule has 0 aliphatic carbocycles. The maximum absolute atomic E-state index is 13.2. The molecular formula is C38H69N7O14. The molecule has 9 N–H and O–H groups in total. The van der Waals surface area contributed by atoms with Gasteiger partial charge >= 0.3 is 12.1 Å². The van der Waals surface area contributed by atoms with E-state index in [0.29, 0.717) is 19.8 Å². The molecule has 59 heavy (non-hydrogen) atoms. The Balaban J connectivity index is 1.61. The van der Waals surface area contributed by atoms with Crippen molar-refractivity contribution in [1.82, 2.24) is 20.4 Å². The number of nitrogens with one attached hydrogen (secondary N) is 2. The first-order valence-electron chi connectivity index (χ1n) is 19.9. The van der Waals surface area contributed by atoms with Gasteiger partial charge in [-0.3, -0.25) is 14.7 Å². The van der Waals surface area contributed by atoms with Crippen molar-refractivity contribution in [3.8, 4) is 0 Å². The van der Waals surface area contributed by atoms with E-state index in [1.807, 2.05) is 34.6 Å². The number of hydrogen-bond donors (Lipinski definition) is 7. The number of hydrogen-bond acceptors (Lipinski definition) is 17. The second kappa shape index (κ2) is 23.4. The van der Waals surface area contributed by atoms with Crippen LogP contribution in [-0.4, -0.2) is 183 Å². The molecule has 0 saturated carbocycles. The van der Waals surface area contributed by atoms with Gasteiger partial charge in [0, 0.05) is 42.6 Å². The molecule has 340 valence electrons. The maximum Gasteiger partial charge on any atom is 0.336 e. The number of urea groups is 2. The lowest BCUT2D eigenvalue weighted by Crippen LogP contribution is -2.58. The van der Waals surface area contributed by atoms with Crippen molar-refractivity contribution in [1.29, 1.82) is 0 Å². The summed E-state index contributed by atoms with van der Waals surface area (Å²) in [6.07, 6.45) is -6.19. The predicted octanol–water partition coefficient (Wildman–Crippen LogP) is -0.446. The number of rotatable bonds is 25. The second-order valence-corrected chi connectivity index (χ2v) is 16.9. The summed E-state index contributed by atoms with van der Waals surface area (Å²) in [6, 6.07) is -3.85. The fraction of sp³-hybridized carbons (Fsp3) is 0.842. The number of amides is 5. The van der Waals surface area contributed by atoms with Crippen LogP contribution in [0.25, 0.3) is 0 Å². The maximum atomic E-state index is 13.2. The zero-order chi connectivity index (χ0) is 44.1. The molecule has 3 saturated heterocycles. The second-order valence-electron chi connectivity index (χ2n) is 16.9. The first-order valence-corrected chi connectivity index (χ1v) is 19.9. The number of carbonyl (C=O) groups excluding carboxylic acids is 3. The molecular weight excluding hydrogens is 778 g/mol. The molecule has 0 bridgehead atoms. The lowest BCUT2D eigenvalue weighted by Gasteiger charge is -2.38. The summed E-state index contributed by atoms with van der Waals surface area (Å²) in [5.74, 6) is -0.420. The Morgan fingerprint density at radius 3 is 2.42 bits per heavy atom. The van der Waals surface area contributed by atoms with Gasteiger partial charge in [-0.05, 0) is 27.7 Å². The summed E-state index contributed by atoms with van der Waals surface area (Å²) in [7, 11) is 1.30. The van der Waals surface area contributed by atoms with Crippen LogP contribution in [0.15, 0.2) is 17.3 Å². The topological polar surface area (TPSA) is 281 Å². The van der Waals surface area contributed by atoms with Crippen LogP contribution < -0.4 is 22.1 Å². The predicted molar refractivity (Wildman–Crippen MR) is 212 cm³/mol. The van der Waals surface area contributed by atoms with Crippen LogP contribution in [0.2, 0.25) is 0 Å². The lowest BCUT2D eigenvalue weighted by atomic mass is 9.90. The van der Waals surface area contributed by atoms with E-state index in [9.17, 15) is 29.7 Å². The monoisotopic (exact) mass is 847 g/mol. The van der Waals surface area contributed by atoms with Crippen molar-refractivity contribution in [2.75, 3.05) is 73.2 Å². The molecule has 0 spiro atoms. The van der Waals surface area contributed by atoms with Crippen LogP contribution >= 0.6 is 0 Å². The van der Waals surface area contributed by atoms with Crippen molar-refractivity contribution >= 4 is 23.8 Å². The number of allylic oxidation sites excluding steroid dienone is 1. The van der Waals surface area contributed by atoms with Gasteiger partial charge in [0.2, 0.25) is 5.91 Å². The number of methoxy groups -OCH3 is 1. The summed E-state index contributed by atoms with van der Waals surface area (Å²) in [4.78, 5) is 56.7. The Hall–Kier alpha value is -2.90. The molecule has 21 nitrogen and oxygen atoms in total. The van der Waals surface area contributed by atoms with Crippen molar-refractivity contribution < 1.29 is 67.9 Å². The summed E-state index contributed by atoms with van der Waals surface area (Å²) in [6.45, 7) is 17.3. The van der Waals surface area contributed by atoms with E-state index in [1.165, 1.54) is 18.9 Å². The Morgan fingerprint density at radius 2 is 1.83 bits per heavy atom. The van der Waals surface area contributed by atoms with Crippen LogP contribution in [0.1, 0.15) is 61.3 Å². The van der Waals surface area contributed by atoms with Gasteiger partial charge in [-0.1, -0.05) is 27.4 Å². The molecule has 9 unspecified atom stereocenters. The van der Waals surface area contributed by atoms with Crippen LogP contribution in [0.4, 0.5) is 9.59 Å². The van der Waals surface area contributed by atoms with Crippen LogP contribution in [0.3, 0.4) is 0 Å². The van der Waals surface area contributed by atoms with E-state index >= 15 is 0 Å². The molecule has 0 aromatic carbocycles. The average Bonchev–Trinajstić information content (AvgIpc) is 3.13. The van der Waals surface area contributed by atoms with Crippen LogP contribution in [0.5, 0.6) is 0 Å². The van der Waals surface area contributed by atoms with Crippen molar-refractivity contribution in [2.24, 2.45) is 27.3 Å². The van der Waals surface area contributed by atoms with Gasteiger partial charge in [-0.25, -0.2) is 24.3 Å². The van der Waals surface area contributed by atoms with E-state index in [0.717, 1.165) is 4.90 Å². The molecule has 0 radical (unpaired) electrons. The highest BCUT2D eigenvalue weighted by Gasteiger charge is 2.41. The van der Waals surface area contributed by atoms with Crippen molar-refractivity contribution in [2.45, 2.75) is 122 Å². The number of nitrogens with two attached hydrogens (primary N) is 2. The smallest absolute Gasteiger partial charge is 0.336 e. The highest BCUT2D eigenvalue weighted by Crippen LogP contribution is 2.27. The minimum absolute atomic E-state index is 0.0300. The molecule has 3 fully saturated rings. The van der Waals surface area contributed by atoms with Crippen LogP contribution in [-0.2, 0) is 43.0 Å². The molecule has 0 aromatic rings. The Labute approximate surface area is 346 Å². The molecule has 0 aromatic heterocycles. The van der Waals surface area contributed by atoms with Crippen molar-refractivity contribution in [3.63, 3.8) is 0 Å². The van der Waals surface area contributed by atoms with E-state index in [1.54, 1.807) is 6.92 Å². The van der Waals surface area contributed by atoms with Gasteiger partial charge in [-0.2, -0.15) is 0 Å². The molecule has 3 aliphatic heterocycles. The van der Waals surface area contributed by atoms with Gasteiger partial charge in [0.1, 0.15) is 37.4 Å². The van der Waals surface area contributed by atoms with Gasteiger partial charge < -0.3 is 65.8 Å². The van der Waals surface area contributed by atoms with Gasteiger partial charge in [0.15, 0.2) is 6.29 Å². The summed E-state index contributed by atoms with van der Waals surface area (Å²) >= 11 is 0. The lowest BCUT2D eigenvalue weighted by molar-refractivity contribution is -0.316. The third-order valence-electron chi connectivity index (χ3n) is 9.83. The van der Waals surface area contributed by atoms with Crippen molar-refractivity contribution in [3.05, 3.63) is 12.3 Å². The number of amidine groups is 1. The third-order valence-corrected chi connectivity index (χ3v) is 9.83. The Morgan fingerprint density at radius 1 is 1.14 bits per heavy atom. The van der Waals surface area contributed by atoms with Gasteiger partial charge in [0.25, 0.3) is 0 Å². The molecule has 3 aliphatic rings. The molecule has 3 rings (SSSR count). The molecule has 9 atom stereocenters. The van der Waals surface area contributed by atoms with E-state index in [2.05, 4.69) is 22.2 Å². The molecule has 5 amide bonds. The number of imide groups is 1. The number of carbonyl (C=O) groups is 3. The normalized spacial score (nSPS) is 25.7. The summed E-state index contributed by atoms with van der Waals surface area (Å²) in [5, 5.41) is 38.0. The highest BCUT2D eigenvalue weighted by atomic mass is 17.2. The molecule has 21 heteroatoms. The first kappa shape index (κ1) is 50.5. The summed E-state index contributed by atoms with van der Waals surface area (Å²) < 4.78 is 34.0. The number of ether oxygens (including phenoxy) is 6. The third kappa shape index (κ3) is 15.2. The van der Waals surface area contributed by atoms with E-state index in [4.69, 9.17) is 49.7 Å². The minimum atomic E-state index is -1.54. The first-order chi connectivity index (χ1) is 27.7. The Kier molecular flexibility index (Phi) is 20.0. The van der Waals surface area contributed by atoms with Crippen LogP contribution in [0, 0.1) is 10.8 Å². The fourth-order valence-electron chi connectivity index (χ4n) is 6.41.